The van der Waals surface area contributed by atoms with Crippen LogP contribution in [0.25, 0.3) is 5.88 Å². The van der Waals surface area contributed by atoms with Gasteiger partial charge in [0.25, 0.3) is 0 Å². The normalized spacial score (nSPS) is 10.4. The fraction of sp³-hybridized carbons (Fsp3) is 0. The van der Waals surface area contributed by atoms with Crippen molar-refractivity contribution in [2.24, 2.45) is 0 Å². The first-order valence-corrected chi connectivity index (χ1v) is 5.84. The second-order valence-corrected chi connectivity index (χ2v) is 3.94. The zero-order chi connectivity index (χ0) is 13.9. The summed E-state index contributed by atoms with van der Waals surface area (Å²) in [5.74, 6) is -0.149. The van der Waals surface area contributed by atoms with Crippen molar-refractivity contribution in [2.75, 3.05) is 0 Å². The van der Waals surface area contributed by atoms with Crippen LogP contribution in [0.5, 0.6) is 11.5 Å². The van der Waals surface area contributed by atoms with Gasteiger partial charge in [-0.05, 0) is 18.2 Å². The van der Waals surface area contributed by atoms with Crippen LogP contribution in [0.2, 0.25) is 0 Å². The minimum atomic E-state index is -1.15. The second-order valence-electron chi connectivity index (χ2n) is 3.94. The molecule has 0 spiro atoms. The fourth-order valence-electron chi connectivity index (χ4n) is 1.78. The van der Waals surface area contributed by atoms with Crippen LogP contribution in [-0.2, 0) is 0 Å². The Hall–Kier alpha value is -3.02. The van der Waals surface area contributed by atoms with E-state index in [4.69, 9.17) is 9.15 Å². The van der Waals surface area contributed by atoms with E-state index in [0.717, 1.165) is 0 Å². The molecule has 6 nitrogen and oxygen atoms in total. The van der Waals surface area contributed by atoms with Crippen LogP contribution < -0.4 is 4.74 Å². The molecule has 1 aromatic carbocycles. The molecule has 20 heavy (non-hydrogen) atoms. The van der Waals surface area contributed by atoms with Gasteiger partial charge in [0.15, 0.2) is 11.4 Å². The molecule has 0 bridgehead atoms. The molecule has 0 aliphatic heterocycles. The Balaban J connectivity index is 2.02. The van der Waals surface area contributed by atoms with Gasteiger partial charge in [-0.15, -0.1) is 0 Å². The summed E-state index contributed by atoms with van der Waals surface area (Å²) >= 11 is 0. The third-order valence-electron chi connectivity index (χ3n) is 2.62. The van der Waals surface area contributed by atoms with Gasteiger partial charge in [-0.3, -0.25) is 0 Å². The molecule has 100 valence electrons. The summed E-state index contributed by atoms with van der Waals surface area (Å²) in [6.45, 7) is 0. The molecule has 0 aliphatic rings. The Labute approximate surface area is 113 Å². The Kier molecular flexibility index (Phi) is 2.96. The van der Waals surface area contributed by atoms with E-state index in [2.05, 4.69) is 5.10 Å². The first kappa shape index (κ1) is 12.0. The second kappa shape index (κ2) is 4.93. The largest absolute Gasteiger partial charge is 0.476 e. The quantitative estimate of drug-likeness (QED) is 0.788. The van der Waals surface area contributed by atoms with Crippen molar-refractivity contribution in [3.8, 4) is 17.4 Å². The van der Waals surface area contributed by atoms with Crippen molar-refractivity contribution in [1.82, 2.24) is 9.78 Å². The number of para-hydroxylation sites is 1. The van der Waals surface area contributed by atoms with Gasteiger partial charge in [-0.25, -0.2) is 4.79 Å². The molecule has 0 radical (unpaired) electrons. The van der Waals surface area contributed by atoms with E-state index in [1.807, 2.05) is 6.07 Å². The number of hydrogen-bond donors (Lipinski definition) is 1. The van der Waals surface area contributed by atoms with E-state index < -0.39 is 5.97 Å². The molecule has 2 heterocycles. The van der Waals surface area contributed by atoms with E-state index in [-0.39, 0.29) is 11.4 Å². The lowest BCUT2D eigenvalue weighted by atomic mass is 10.3. The number of benzene rings is 1. The zero-order valence-electron chi connectivity index (χ0n) is 10.3. The van der Waals surface area contributed by atoms with Crippen LogP contribution in [0.1, 0.15) is 10.5 Å². The van der Waals surface area contributed by atoms with Gasteiger partial charge in [0, 0.05) is 6.07 Å². The third kappa shape index (κ3) is 2.14. The van der Waals surface area contributed by atoms with Gasteiger partial charge in [-0.1, -0.05) is 18.2 Å². The summed E-state index contributed by atoms with van der Waals surface area (Å²) in [6, 6.07) is 12.2. The van der Waals surface area contributed by atoms with Gasteiger partial charge in [0.05, 0.1) is 12.5 Å². The SMILES string of the molecule is O=C(O)c1c(Oc2ccccc2)cnn1-c1ccco1. The first-order valence-electron chi connectivity index (χ1n) is 5.84. The Morgan fingerprint density at radius 3 is 2.65 bits per heavy atom. The Morgan fingerprint density at radius 2 is 2.00 bits per heavy atom. The minimum absolute atomic E-state index is 0.0937. The van der Waals surface area contributed by atoms with Gasteiger partial charge >= 0.3 is 5.97 Å². The maximum atomic E-state index is 11.4. The Bertz CT molecular complexity index is 717. The lowest BCUT2D eigenvalue weighted by Crippen LogP contribution is -2.08. The minimum Gasteiger partial charge on any atom is -0.476 e. The molecule has 2 aromatic heterocycles. The molecule has 0 unspecified atom stereocenters. The maximum absolute atomic E-state index is 11.4. The summed E-state index contributed by atoms with van der Waals surface area (Å²) in [5.41, 5.74) is -0.0937. The average Bonchev–Trinajstić information content (AvgIpc) is 3.08. The fourth-order valence-corrected chi connectivity index (χ4v) is 1.78. The highest BCUT2D eigenvalue weighted by atomic mass is 16.5. The highest BCUT2D eigenvalue weighted by Crippen LogP contribution is 2.27. The molecular weight excluding hydrogens is 260 g/mol. The first-order chi connectivity index (χ1) is 9.75. The number of hydrogen-bond acceptors (Lipinski definition) is 4. The van der Waals surface area contributed by atoms with Crippen LogP contribution in [0, 0.1) is 0 Å². The monoisotopic (exact) mass is 270 g/mol. The number of carboxylic acid groups (broad SMARTS) is 1. The van der Waals surface area contributed by atoms with Crippen LogP contribution in [-0.4, -0.2) is 20.9 Å². The molecule has 3 rings (SSSR count). The maximum Gasteiger partial charge on any atom is 0.358 e. The molecule has 0 amide bonds. The van der Waals surface area contributed by atoms with Crippen LogP contribution >= 0.6 is 0 Å². The smallest absolute Gasteiger partial charge is 0.358 e. The van der Waals surface area contributed by atoms with Crippen molar-refractivity contribution < 1.29 is 19.1 Å². The predicted octanol–water partition coefficient (Wildman–Crippen LogP) is 2.96. The molecule has 1 N–H and O–H groups in total. The molecule has 0 atom stereocenters. The number of carbonyl (C=O) groups is 1. The van der Waals surface area contributed by atoms with Crippen LogP contribution in [0.3, 0.4) is 0 Å². The summed E-state index contributed by atoms with van der Waals surface area (Å²) in [6.07, 6.45) is 2.79. The van der Waals surface area contributed by atoms with Crippen molar-refractivity contribution in [3.63, 3.8) is 0 Å². The number of nitrogens with zero attached hydrogens (tertiary/aromatic N) is 2. The van der Waals surface area contributed by atoms with Crippen molar-refractivity contribution in [1.29, 1.82) is 0 Å². The number of ether oxygens (including phenoxy) is 1. The van der Waals surface area contributed by atoms with Crippen molar-refractivity contribution in [2.45, 2.75) is 0 Å². The zero-order valence-corrected chi connectivity index (χ0v) is 10.3. The number of carboxylic acids is 1. The van der Waals surface area contributed by atoms with Crippen molar-refractivity contribution in [3.05, 3.63) is 60.6 Å². The number of furan rings is 1. The summed E-state index contributed by atoms with van der Waals surface area (Å²) in [7, 11) is 0. The van der Waals surface area contributed by atoms with Gasteiger partial charge < -0.3 is 14.3 Å². The lowest BCUT2D eigenvalue weighted by molar-refractivity contribution is 0.0683. The molecule has 0 saturated carbocycles. The molecule has 0 aliphatic carbocycles. The molecule has 0 saturated heterocycles. The summed E-state index contributed by atoms with van der Waals surface area (Å²) in [5, 5.41) is 13.3. The van der Waals surface area contributed by atoms with E-state index in [1.165, 1.54) is 17.1 Å². The van der Waals surface area contributed by atoms with E-state index in [0.29, 0.717) is 11.6 Å². The molecular formula is C14H10N2O4. The van der Waals surface area contributed by atoms with Gasteiger partial charge in [0.2, 0.25) is 5.88 Å². The molecule has 3 aromatic rings. The number of aromatic carboxylic acids is 1. The highest BCUT2D eigenvalue weighted by molar-refractivity contribution is 5.89. The van der Waals surface area contributed by atoms with E-state index >= 15 is 0 Å². The highest BCUT2D eigenvalue weighted by Gasteiger charge is 2.22. The third-order valence-corrected chi connectivity index (χ3v) is 2.62. The van der Waals surface area contributed by atoms with Crippen LogP contribution in [0.4, 0.5) is 0 Å². The lowest BCUT2D eigenvalue weighted by Gasteiger charge is -2.05. The molecule has 0 fully saturated rings. The van der Waals surface area contributed by atoms with Crippen LogP contribution in [0.15, 0.2) is 59.3 Å². The number of rotatable bonds is 4. The Morgan fingerprint density at radius 1 is 1.20 bits per heavy atom. The topological polar surface area (TPSA) is 77.5 Å². The number of aromatic nitrogens is 2. The van der Waals surface area contributed by atoms with Gasteiger partial charge in [-0.2, -0.15) is 9.78 Å². The summed E-state index contributed by atoms with van der Waals surface area (Å²) < 4.78 is 11.9. The van der Waals surface area contributed by atoms with E-state index in [9.17, 15) is 9.90 Å². The standard InChI is InChI=1S/C14H10N2O4/c17-14(18)13-11(20-10-5-2-1-3-6-10)9-15-16(13)12-7-4-8-19-12/h1-9H,(H,17,18). The predicted molar refractivity (Wildman–Crippen MR) is 69.3 cm³/mol. The average molecular weight is 270 g/mol. The van der Waals surface area contributed by atoms with Gasteiger partial charge in [0.1, 0.15) is 5.75 Å². The van der Waals surface area contributed by atoms with E-state index in [1.54, 1.807) is 36.4 Å². The summed E-state index contributed by atoms with van der Waals surface area (Å²) in [4.78, 5) is 11.4. The molecule has 6 heteroatoms. The van der Waals surface area contributed by atoms with Crippen molar-refractivity contribution >= 4 is 5.97 Å².